The molecule has 0 aliphatic heterocycles. The number of hydrogen-bond acceptors (Lipinski definition) is 1. The van der Waals surface area contributed by atoms with Gasteiger partial charge < -0.3 is 5.32 Å². The summed E-state index contributed by atoms with van der Waals surface area (Å²) in [6.07, 6.45) is 4.85. The lowest BCUT2D eigenvalue weighted by Crippen LogP contribution is -2.16. The van der Waals surface area contributed by atoms with E-state index < -0.39 is 0 Å². The zero-order chi connectivity index (χ0) is 11.1. The lowest BCUT2D eigenvalue weighted by Gasteiger charge is -2.16. The van der Waals surface area contributed by atoms with Crippen molar-refractivity contribution in [2.24, 2.45) is 0 Å². The van der Waals surface area contributed by atoms with E-state index >= 15 is 0 Å². The summed E-state index contributed by atoms with van der Waals surface area (Å²) in [5.74, 6) is 0. The van der Waals surface area contributed by atoms with E-state index in [4.69, 9.17) is 0 Å². The predicted octanol–water partition coefficient (Wildman–Crippen LogP) is 3.70. The molecule has 0 aliphatic carbocycles. The molecule has 1 nitrogen and oxygen atoms in total. The molecular weight excluding hydrogens is 182 g/mol. The maximum Gasteiger partial charge on any atom is 0.0317 e. The van der Waals surface area contributed by atoms with Crippen LogP contribution in [0.2, 0.25) is 0 Å². The average Bonchev–Trinajstić information content (AvgIpc) is 2.27. The summed E-state index contributed by atoms with van der Waals surface area (Å²) in [4.78, 5) is 0. The quantitative estimate of drug-likeness (QED) is 0.746. The molecule has 0 bridgehead atoms. The molecule has 1 aromatic carbocycles. The number of aryl methyl sites for hydroxylation is 1. The highest BCUT2D eigenvalue weighted by atomic mass is 14.9. The van der Waals surface area contributed by atoms with Crippen LogP contribution in [0.15, 0.2) is 24.3 Å². The molecule has 1 N–H and O–H groups in total. The van der Waals surface area contributed by atoms with Gasteiger partial charge in [-0.25, -0.2) is 0 Å². The van der Waals surface area contributed by atoms with E-state index in [1.165, 1.54) is 36.8 Å². The average molecular weight is 205 g/mol. The van der Waals surface area contributed by atoms with Crippen LogP contribution < -0.4 is 5.32 Å². The van der Waals surface area contributed by atoms with Crippen molar-refractivity contribution in [2.45, 2.75) is 45.6 Å². The second-order valence-electron chi connectivity index (χ2n) is 4.12. The fourth-order valence-corrected chi connectivity index (χ4v) is 2.02. The van der Waals surface area contributed by atoms with Gasteiger partial charge in [-0.1, -0.05) is 51.0 Å². The standard InChI is InChI=1S/C14H23N/c1-4-7-12-9-6-10-13(11-12)14(15-3)8-5-2/h6,9-11,14-15H,4-5,7-8H2,1-3H3. The van der Waals surface area contributed by atoms with Crippen LogP contribution in [0.25, 0.3) is 0 Å². The first-order valence-corrected chi connectivity index (χ1v) is 6.07. The predicted molar refractivity (Wildman–Crippen MR) is 67.1 cm³/mol. The monoisotopic (exact) mass is 205 g/mol. The summed E-state index contributed by atoms with van der Waals surface area (Å²) in [6, 6.07) is 9.51. The second-order valence-corrected chi connectivity index (χ2v) is 4.12. The van der Waals surface area contributed by atoms with Gasteiger partial charge in [0.1, 0.15) is 0 Å². The van der Waals surface area contributed by atoms with E-state index in [1.54, 1.807) is 0 Å². The molecule has 1 aromatic rings. The molecule has 0 saturated heterocycles. The van der Waals surface area contributed by atoms with E-state index in [9.17, 15) is 0 Å². The van der Waals surface area contributed by atoms with Crippen molar-refractivity contribution < 1.29 is 0 Å². The maximum absolute atomic E-state index is 3.39. The molecule has 1 unspecified atom stereocenters. The lowest BCUT2D eigenvalue weighted by atomic mass is 9.99. The van der Waals surface area contributed by atoms with Crippen LogP contribution >= 0.6 is 0 Å². The summed E-state index contributed by atoms with van der Waals surface area (Å²) >= 11 is 0. The maximum atomic E-state index is 3.39. The Bertz CT molecular complexity index is 280. The Morgan fingerprint density at radius 1 is 1.20 bits per heavy atom. The van der Waals surface area contributed by atoms with Gasteiger partial charge >= 0.3 is 0 Å². The molecule has 0 heterocycles. The molecular formula is C14H23N. The van der Waals surface area contributed by atoms with Gasteiger partial charge in [0.15, 0.2) is 0 Å². The minimum Gasteiger partial charge on any atom is -0.313 e. The van der Waals surface area contributed by atoms with Gasteiger partial charge in [-0.15, -0.1) is 0 Å². The van der Waals surface area contributed by atoms with E-state index in [0.29, 0.717) is 6.04 Å². The largest absolute Gasteiger partial charge is 0.313 e. The first-order chi connectivity index (χ1) is 7.31. The molecule has 0 aromatic heterocycles. The third-order valence-electron chi connectivity index (χ3n) is 2.82. The summed E-state index contributed by atoms with van der Waals surface area (Å²) in [7, 11) is 2.05. The van der Waals surface area contributed by atoms with Gasteiger partial charge in [0.2, 0.25) is 0 Å². The number of hydrogen-bond donors (Lipinski definition) is 1. The van der Waals surface area contributed by atoms with Crippen LogP contribution in [-0.4, -0.2) is 7.05 Å². The van der Waals surface area contributed by atoms with Crippen LogP contribution in [0, 0.1) is 0 Å². The van der Waals surface area contributed by atoms with Crippen LogP contribution in [-0.2, 0) is 6.42 Å². The van der Waals surface area contributed by atoms with E-state index in [2.05, 4.69) is 43.4 Å². The SMILES string of the molecule is CCCc1cccc(C(CCC)NC)c1. The third-order valence-corrected chi connectivity index (χ3v) is 2.82. The number of nitrogens with one attached hydrogen (secondary N) is 1. The van der Waals surface area contributed by atoms with Crippen LogP contribution in [0.5, 0.6) is 0 Å². The van der Waals surface area contributed by atoms with Gasteiger partial charge in [-0.2, -0.15) is 0 Å². The highest BCUT2D eigenvalue weighted by Crippen LogP contribution is 2.19. The van der Waals surface area contributed by atoms with Gasteiger partial charge in [0.05, 0.1) is 0 Å². The molecule has 1 heteroatoms. The third kappa shape index (κ3) is 3.67. The van der Waals surface area contributed by atoms with Crippen molar-refractivity contribution in [3.63, 3.8) is 0 Å². The van der Waals surface area contributed by atoms with Gasteiger partial charge in [-0.3, -0.25) is 0 Å². The Morgan fingerprint density at radius 2 is 2.00 bits per heavy atom. The molecule has 0 fully saturated rings. The fourth-order valence-electron chi connectivity index (χ4n) is 2.02. The fraction of sp³-hybridized carbons (Fsp3) is 0.571. The van der Waals surface area contributed by atoms with E-state index in [1.807, 2.05) is 7.05 Å². The van der Waals surface area contributed by atoms with Crippen LogP contribution in [0.3, 0.4) is 0 Å². The van der Waals surface area contributed by atoms with Crippen molar-refractivity contribution >= 4 is 0 Å². The summed E-state index contributed by atoms with van der Waals surface area (Å²) in [5.41, 5.74) is 2.90. The summed E-state index contributed by atoms with van der Waals surface area (Å²) < 4.78 is 0. The highest BCUT2D eigenvalue weighted by Gasteiger charge is 2.07. The normalized spacial score (nSPS) is 12.7. The molecule has 1 atom stereocenters. The van der Waals surface area contributed by atoms with Gasteiger partial charge in [-0.05, 0) is 31.0 Å². The molecule has 0 amide bonds. The van der Waals surface area contributed by atoms with Gasteiger partial charge in [0, 0.05) is 6.04 Å². The Balaban J connectivity index is 2.77. The van der Waals surface area contributed by atoms with Gasteiger partial charge in [0.25, 0.3) is 0 Å². The molecule has 0 spiro atoms. The minimum absolute atomic E-state index is 0.520. The molecule has 15 heavy (non-hydrogen) atoms. The smallest absolute Gasteiger partial charge is 0.0317 e. The topological polar surface area (TPSA) is 12.0 Å². The molecule has 84 valence electrons. The summed E-state index contributed by atoms with van der Waals surface area (Å²) in [6.45, 7) is 4.47. The summed E-state index contributed by atoms with van der Waals surface area (Å²) in [5, 5.41) is 3.39. The minimum atomic E-state index is 0.520. The van der Waals surface area contributed by atoms with Crippen LogP contribution in [0.4, 0.5) is 0 Å². The zero-order valence-electron chi connectivity index (χ0n) is 10.2. The zero-order valence-corrected chi connectivity index (χ0v) is 10.2. The number of rotatable bonds is 6. The first-order valence-electron chi connectivity index (χ1n) is 6.07. The molecule has 0 saturated carbocycles. The molecule has 0 radical (unpaired) electrons. The Labute approximate surface area is 93.9 Å². The lowest BCUT2D eigenvalue weighted by molar-refractivity contribution is 0.541. The van der Waals surface area contributed by atoms with E-state index in [-0.39, 0.29) is 0 Å². The van der Waals surface area contributed by atoms with Crippen molar-refractivity contribution in [3.8, 4) is 0 Å². The Kier molecular flexibility index (Phi) is 5.41. The van der Waals surface area contributed by atoms with Crippen molar-refractivity contribution in [2.75, 3.05) is 7.05 Å². The number of benzene rings is 1. The van der Waals surface area contributed by atoms with Crippen molar-refractivity contribution in [1.82, 2.24) is 5.32 Å². The molecule has 1 rings (SSSR count). The second kappa shape index (κ2) is 6.62. The Morgan fingerprint density at radius 3 is 2.60 bits per heavy atom. The first kappa shape index (κ1) is 12.3. The van der Waals surface area contributed by atoms with Crippen molar-refractivity contribution in [3.05, 3.63) is 35.4 Å². The molecule has 0 aliphatic rings. The van der Waals surface area contributed by atoms with Crippen LogP contribution in [0.1, 0.15) is 50.3 Å². The Hall–Kier alpha value is -0.820. The highest BCUT2D eigenvalue weighted by molar-refractivity contribution is 5.26. The van der Waals surface area contributed by atoms with Crippen molar-refractivity contribution in [1.29, 1.82) is 0 Å². The van der Waals surface area contributed by atoms with E-state index in [0.717, 1.165) is 0 Å².